The molecule has 96 valence electrons. The predicted octanol–water partition coefficient (Wildman–Crippen LogP) is 1.59. The lowest BCUT2D eigenvalue weighted by Gasteiger charge is -2.30. The highest BCUT2D eigenvalue weighted by Crippen LogP contribution is 2.26. The van der Waals surface area contributed by atoms with Crippen molar-refractivity contribution in [3.63, 3.8) is 0 Å². The third-order valence-electron chi connectivity index (χ3n) is 3.37. The van der Waals surface area contributed by atoms with Gasteiger partial charge in [-0.15, -0.1) is 0 Å². The van der Waals surface area contributed by atoms with E-state index >= 15 is 0 Å². The molecule has 1 saturated heterocycles. The Labute approximate surface area is 107 Å². The fourth-order valence-electron chi connectivity index (χ4n) is 2.39. The number of hydrogen-bond acceptors (Lipinski definition) is 3. The van der Waals surface area contributed by atoms with Gasteiger partial charge < -0.3 is 4.90 Å². The molecule has 0 unspecified atom stereocenters. The van der Waals surface area contributed by atoms with Gasteiger partial charge in [-0.3, -0.25) is 14.6 Å². The number of ketones is 1. The summed E-state index contributed by atoms with van der Waals surface area (Å²) in [5, 5.41) is 0. The van der Waals surface area contributed by atoms with E-state index in [9.17, 15) is 9.59 Å². The lowest BCUT2D eigenvalue weighted by atomic mass is 10.0. The molecule has 1 amide bonds. The highest BCUT2D eigenvalue weighted by molar-refractivity contribution is 5.91. The highest BCUT2D eigenvalue weighted by atomic mass is 16.2. The molecule has 1 aliphatic rings. The van der Waals surface area contributed by atoms with Crippen molar-refractivity contribution in [2.75, 3.05) is 6.54 Å². The summed E-state index contributed by atoms with van der Waals surface area (Å²) in [7, 11) is 0. The zero-order valence-electron chi connectivity index (χ0n) is 10.8. The topological polar surface area (TPSA) is 50.3 Å². The van der Waals surface area contributed by atoms with Crippen molar-refractivity contribution in [1.29, 1.82) is 0 Å². The Balaban J connectivity index is 1.95. The Bertz CT molecular complexity index is 454. The first kappa shape index (κ1) is 12.7. The number of hydrogen-bond donors (Lipinski definition) is 0. The smallest absolute Gasteiger partial charge is 0.223 e. The van der Waals surface area contributed by atoms with E-state index in [-0.39, 0.29) is 23.8 Å². The average Bonchev–Trinajstić information content (AvgIpc) is 2.61. The number of carbonyl (C=O) groups excluding carboxylic acids is 2. The lowest BCUT2D eigenvalue weighted by Crippen LogP contribution is -2.42. The molecule has 0 saturated carbocycles. The largest absolute Gasteiger partial charge is 0.330 e. The summed E-state index contributed by atoms with van der Waals surface area (Å²) >= 11 is 0. The molecule has 1 aromatic rings. The van der Waals surface area contributed by atoms with Gasteiger partial charge in [0.15, 0.2) is 5.78 Å². The van der Waals surface area contributed by atoms with Gasteiger partial charge in [-0.1, -0.05) is 0 Å². The molecule has 0 bridgehead atoms. The minimum Gasteiger partial charge on any atom is -0.330 e. The number of aryl methyl sites for hydroxylation is 1. The lowest BCUT2D eigenvalue weighted by molar-refractivity contribution is -0.135. The molecule has 1 aliphatic heterocycles. The van der Waals surface area contributed by atoms with E-state index in [1.165, 1.54) is 0 Å². The molecule has 0 atom stereocenters. The summed E-state index contributed by atoms with van der Waals surface area (Å²) in [6.45, 7) is 4.16. The van der Waals surface area contributed by atoms with Crippen LogP contribution in [-0.4, -0.2) is 33.7 Å². The fourth-order valence-corrected chi connectivity index (χ4v) is 2.39. The SMILES string of the molecule is CC1(C)CC(=O)CN1C(=O)CCc1ccncc1. The van der Waals surface area contributed by atoms with Gasteiger partial charge in [0.05, 0.1) is 6.54 Å². The third kappa shape index (κ3) is 2.75. The van der Waals surface area contributed by atoms with Gasteiger partial charge in [0.25, 0.3) is 0 Å². The van der Waals surface area contributed by atoms with Crippen LogP contribution in [-0.2, 0) is 16.0 Å². The van der Waals surface area contributed by atoms with Crippen molar-refractivity contribution in [1.82, 2.24) is 9.88 Å². The van der Waals surface area contributed by atoms with Crippen LogP contribution in [0.1, 0.15) is 32.3 Å². The molecule has 2 rings (SSSR count). The molecule has 0 N–H and O–H groups in total. The van der Waals surface area contributed by atoms with Crippen LogP contribution in [0, 0.1) is 0 Å². The molecule has 0 spiro atoms. The molecule has 4 nitrogen and oxygen atoms in total. The Kier molecular flexibility index (Phi) is 3.45. The zero-order valence-corrected chi connectivity index (χ0v) is 10.8. The number of Topliss-reactive ketones (excluding diaryl/α,β-unsaturated/α-hetero) is 1. The summed E-state index contributed by atoms with van der Waals surface area (Å²) < 4.78 is 0. The summed E-state index contributed by atoms with van der Waals surface area (Å²) in [6.07, 6.45) is 5.06. The number of nitrogens with zero attached hydrogens (tertiary/aromatic N) is 2. The molecule has 0 aromatic carbocycles. The Morgan fingerprint density at radius 2 is 2.06 bits per heavy atom. The second kappa shape index (κ2) is 4.88. The maximum absolute atomic E-state index is 12.1. The summed E-state index contributed by atoms with van der Waals surface area (Å²) in [5.74, 6) is 0.208. The predicted molar refractivity (Wildman–Crippen MR) is 68.0 cm³/mol. The van der Waals surface area contributed by atoms with Crippen molar-refractivity contribution < 1.29 is 9.59 Å². The first-order valence-corrected chi connectivity index (χ1v) is 6.20. The van der Waals surface area contributed by atoms with Crippen molar-refractivity contribution in [2.24, 2.45) is 0 Å². The van der Waals surface area contributed by atoms with E-state index in [0.717, 1.165) is 5.56 Å². The molecule has 0 radical (unpaired) electrons. The molecule has 18 heavy (non-hydrogen) atoms. The number of pyridine rings is 1. The van der Waals surface area contributed by atoms with E-state index in [2.05, 4.69) is 4.98 Å². The van der Waals surface area contributed by atoms with E-state index in [4.69, 9.17) is 0 Å². The zero-order chi connectivity index (χ0) is 13.2. The van der Waals surface area contributed by atoms with E-state index in [1.54, 1.807) is 17.3 Å². The van der Waals surface area contributed by atoms with Crippen molar-refractivity contribution in [3.8, 4) is 0 Å². The minimum absolute atomic E-state index is 0.0580. The van der Waals surface area contributed by atoms with Gasteiger partial charge in [-0.05, 0) is 38.0 Å². The van der Waals surface area contributed by atoms with Crippen LogP contribution in [0.3, 0.4) is 0 Å². The van der Waals surface area contributed by atoms with Crippen LogP contribution < -0.4 is 0 Å². The van der Waals surface area contributed by atoms with Gasteiger partial charge in [-0.25, -0.2) is 0 Å². The van der Waals surface area contributed by atoms with Crippen LogP contribution in [0.15, 0.2) is 24.5 Å². The Hall–Kier alpha value is -1.71. The van der Waals surface area contributed by atoms with Gasteiger partial charge >= 0.3 is 0 Å². The highest BCUT2D eigenvalue weighted by Gasteiger charge is 2.39. The minimum atomic E-state index is -0.327. The number of rotatable bonds is 3. The van der Waals surface area contributed by atoms with Gasteiger partial charge in [0.2, 0.25) is 5.91 Å². The van der Waals surface area contributed by atoms with Crippen molar-refractivity contribution >= 4 is 11.7 Å². The van der Waals surface area contributed by atoms with Crippen molar-refractivity contribution in [3.05, 3.63) is 30.1 Å². The summed E-state index contributed by atoms with van der Waals surface area (Å²) in [5.41, 5.74) is 0.772. The number of carbonyl (C=O) groups is 2. The molecular weight excluding hydrogens is 228 g/mol. The van der Waals surface area contributed by atoms with Gasteiger partial charge in [0.1, 0.15) is 0 Å². The Morgan fingerprint density at radius 3 is 2.61 bits per heavy atom. The monoisotopic (exact) mass is 246 g/mol. The maximum atomic E-state index is 12.1. The van der Waals surface area contributed by atoms with Gasteiger partial charge in [0, 0.05) is 30.8 Å². The van der Waals surface area contributed by atoms with Crippen LogP contribution >= 0.6 is 0 Å². The van der Waals surface area contributed by atoms with E-state index < -0.39 is 0 Å². The fraction of sp³-hybridized carbons (Fsp3) is 0.500. The standard InChI is InChI=1S/C14H18N2O2/c1-14(2)9-12(17)10-16(14)13(18)4-3-11-5-7-15-8-6-11/h5-8H,3-4,9-10H2,1-2H3. The summed E-state index contributed by atoms with van der Waals surface area (Å²) in [4.78, 5) is 29.2. The first-order valence-electron chi connectivity index (χ1n) is 6.20. The molecule has 4 heteroatoms. The van der Waals surface area contributed by atoms with Crippen LogP contribution in [0.2, 0.25) is 0 Å². The maximum Gasteiger partial charge on any atom is 0.223 e. The normalized spacial score (nSPS) is 18.1. The molecule has 2 heterocycles. The second-order valence-electron chi connectivity index (χ2n) is 5.36. The van der Waals surface area contributed by atoms with Crippen molar-refractivity contribution in [2.45, 2.75) is 38.6 Å². The molecular formula is C14H18N2O2. The average molecular weight is 246 g/mol. The van der Waals surface area contributed by atoms with E-state index in [0.29, 0.717) is 19.3 Å². The first-order chi connectivity index (χ1) is 8.49. The molecule has 1 fully saturated rings. The van der Waals surface area contributed by atoms with E-state index in [1.807, 2.05) is 26.0 Å². The van der Waals surface area contributed by atoms with Crippen LogP contribution in [0.25, 0.3) is 0 Å². The molecule has 1 aromatic heterocycles. The number of likely N-dealkylation sites (tertiary alicyclic amines) is 1. The van der Waals surface area contributed by atoms with Crippen LogP contribution in [0.4, 0.5) is 0 Å². The Morgan fingerprint density at radius 1 is 1.39 bits per heavy atom. The third-order valence-corrected chi connectivity index (χ3v) is 3.37. The number of aromatic nitrogens is 1. The number of amides is 1. The second-order valence-corrected chi connectivity index (χ2v) is 5.36. The molecule has 0 aliphatic carbocycles. The van der Waals surface area contributed by atoms with Crippen LogP contribution in [0.5, 0.6) is 0 Å². The summed E-state index contributed by atoms with van der Waals surface area (Å²) in [6, 6.07) is 3.82. The quantitative estimate of drug-likeness (QED) is 0.814. The van der Waals surface area contributed by atoms with Gasteiger partial charge in [-0.2, -0.15) is 0 Å².